The highest BCUT2D eigenvalue weighted by molar-refractivity contribution is 5.74. The van der Waals surface area contributed by atoms with Gasteiger partial charge in [0.25, 0.3) is 0 Å². The van der Waals surface area contributed by atoms with E-state index >= 15 is 0 Å². The fourth-order valence-corrected chi connectivity index (χ4v) is 0.748. The van der Waals surface area contributed by atoms with Crippen LogP contribution in [0.15, 0.2) is 37.4 Å². The highest BCUT2D eigenvalue weighted by Crippen LogP contribution is 2.22. The first-order valence-electron chi connectivity index (χ1n) is 3.82. The summed E-state index contributed by atoms with van der Waals surface area (Å²) >= 11 is 0. The summed E-state index contributed by atoms with van der Waals surface area (Å²) in [5, 5.41) is 0. The lowest BCUT2D eigenvalue weighted by molar-refractivity contribution is -0.274. The molecule has 0 heterocycles. The molecule has 1 aromatic carbocycles. The molecule has 0 aliphatic heterocycles. The number of hydrogen-bond acceptors (Lipinski definition) is 2. The molecule has 1 aromatic rings. The number of rotatable bonds is 2. The first-order valence-corrected chi connectivity index (χ1v) is 3.82. The van der Waals surface area contributed by atoms with E-state index in [1.807, 2.05) is 0 Å². The van der Waals surface area contributed by atoms with Crippen molar-refractivity contribution in [1.29, 1.82) is 0 Å². The number of benzene rings is 1. The lowest BCUT2D eigenvalue weighted by Gasteiger charge is -2.07. The fraction of sp³-hybridized carbons (Fsp3) is 0.100. The molecule has 0 fully saturated rings. The molecule has 2 nitrogen and oxygen atoms in total. The first-order chi connectivity index (χ1) is 7.01. The SMILES string of the molecule is C=C.O=Cc1ccc(OC(F)(F)F)cc1. The van der Waals surface area contributed by atoms with E-state index < -0.39 is 6.36 Å². The van der Waals surface area contributed by atoms with Gasteiger partial charge in [0.05, 0.1) is 0 Å². The van der Waals surface area contributed by atoms with Crippen LogP contribution in [-0.2, 0) is 0 Å². The van der Waals surface area contributed by atoms with Crippen molar-refractivity contribution in [3.05, 3.63) is 43.0 Å². The molecular weight excluding hydrogens is 209 g/mol. The summed E-state index contributed by atoms with van der Waals surface area (Å²) in [6, 6.07) is 4.65. The summed E-state index contributed by atoms with van der Waals surface area (Å²) in [7, 11) is 0. The monoisotopic (exact) mass is 218 g/mol. The second kappa shape index (κ2) is 5.85. The molecule has 1 rings (SSSR count). The van der Waals surface area contributed by atoms with Crippen LogP contribution in [0.2, 0.25) is 0 Å². The van der Waals surface area contributed by atoms with Gasteiger partial charge in [-0.25, -0.2) is 0 Å². The molecule has 0 atom stereocenters. The van der Waals surface area contributed by atoms with Gasteiger partial charge in [-0.3, -0.25) is 4.79 Å². The topological polar surface area (TPSA) is 26.3 Å². The molecule has 0 aliphatic carbocycles. The van der Waals surface area contributed by atoms with Gasteiger partial charge in [0, 0.05) is 5.56 Å². The van der Waals surface area contributed by atoms with Gasteiger partial charge in [-0.05, 0) is 24.3 Å². The second-order valence-corrected chi connectivity index (χ2v) is 2.23. The van der Waals surface area contributed by atoms with E-state index in [9.17, 15) is 18.0 Å². The lowest BCUT2D eigenvalue weighted by atomic mass is 10.2. The Hall–Kier alpha value is -1.78. The average molecular weight is 218 g/mol. The number of hydrogen-bond donors (Lipinski definition) is 0. The van der Waals surface area contributed by atoms with E-state index in [2.05, 4.69) is 17.9 Å². The van der Waals surface area contributed by atoms with Crippen molar-refractivity contribution in [1.82, 2.24) is 0 Å². The van der Waals surface area contributed by atoms with Crippen LogP contribution in [0.4, 0.5) is 13.2 Å². The van der Waals surface area contributed by atoms with Crippen LogP contribution in [0, 0.1) is 0 Å². The van der Waals surface area contributed by atoms with Gasteiger partial charge < -0.3 is 4.74 Å². The fourth-order valence-electron chi connectivity index (χ4n) is 0.748. The predicted molar refractivity (Wildman–Crippen MR) is 49.8 cm³/mol. The third kappa shape index (κ3) is 5.51. The van der Waals surface area contributed by atoms with Gasteiger partial charge in [-0.2, -0.15) is 0 Å². The van der Waals surface area contributed by atoms with E-state index in [4.69, 9.17) is 0 Å². The van der Waals surface area contributed by atoms with Crippen LogP contribution in [0.3, 0.4) is 0 Å². The minimum atomic E-state index is -4.69. The van der Waals surface area contributed by atoms with Gasteiger partial charge in [-0.1, -0.05) is 0 Å². The Morgan fingerprint density at radius 1 is 1.13 bits per heavy atom. The Bertz CT molecular complexity index is 303. The number of halogens is 3. The van der Waals surface area contributed by atoms with E-state index in [-0.39, 0.29) is 5.75 Å². The lowest BCUT2D eigenvalue weighted by Crippen LogP contribution is -2.16. The molecule has 0 spiro atoms. The number of carbonyl (C=O) groups is 1. The van der Waals surface area contributed by atoms with Crippen molar-refractivity contribution >= 4 is 6.29 Å². The summed E-state index contributed by atoms with van der Waals surface area (Å²) in [6.45, 7) is 6.00. The second-order valence-electron chi connectivity index (χ2n) is 2.23. The Morgan fingerprint density at radius 2 is 1.60 bits per heavy atom. The van der Waals surface area contributed by atoms with Crippen molar-refractivity contribution in [2.75, 3.05) is 0 Å². The minimum absolute atomic E-state index is 0.300. The molecule has 0 N–H and O–H groups in total. The smallest absolute Gasteiger partial charge is 0.406 e. The molecule has 0 amide bonds. The van der Waals surface area contributed by atoms with Crippen molar-refractivity contribution < 1.29 is 22.7 Å². The van der Waals surface area contributed by atoms with Gasteiger partial charge in [0.1, 0.15) is 12.0 Å². The molecule has 82 valence electrons. The summed E-state index contributed by atoms with van der Waals surface area (Å²) < 4.78 is 38.5. The summed E-state index contributed by atoms with van der Waals surface area (Å²) in [5.74, 6) is -0.335. The maximum Gasteiger partial charge on any atom is 0.573 e. The third-order valence-corrected chi connectivity index (χ3v) is 1.25. The average Bonchev–Trinajstić information content (AvgIpc) is 2.20. The van der Waals surface area contributed by atoms with Gasteiger partial charge in [-0.15, -0.1) is 26.3 Å². The van der Waals surface area contributed by atoms with E-state index in [0.717, 1.165) is 12.1 Å². The minimum Gasteiger partial charge on any atom is -0.406 e. The van der Waals surface area contributed by atoms with Gasteiger partial charge in [0.2, 0.25) is 0 Å². The van der Waals surface area contributed by atoms with Crippen LogP contribution < -0.4 is 4.74 Å². The quantitative estimate of drug-likeness (QED) is 0.562. The molecule has 0 unspecified atom stereocenters. The van der Waals surface area contributed by atoms with Crippen molar-refractivity contribution in [2.45, 2.75) is 6.36 Å². The molecule has 0 radical (unpaired) electrons. The molecular formula is C10H9F3O2. The number of alkyl halides is 3. The zero-order valence-electron chi connectivity index (χ0n) is 7.75. The molecule has 0 saturated heterocycles. The van der Waals surface area contributed by atoms with Crippen LogP contribution >= 0.6 is 0 Å². The van der Waals surface area contributed by atoms with Crippen LogP contribution in [0.5, 0.6) is 5.75 Å². The zero-order chi connectivity index (χ0) is 11.9. The molecule has 0 saturated carbocycles. The highest BCUT2D eigenvalue weighted by Gasteiger charge is 2.30. The van der Waals surface area contributed by atoms with E-state index in [1.165, 1.54) is 12.1 Å². The van der Waals surface area contributed by atoms with Crippen molar-refractivity contribution in [2.24, 2.45) is 0 Å². The molecule has 15 heavy (non-hydrogen) atoms. The van der Waals surface area contributed by atoms with Crippen LogP contribution in [-0.4, -0.2) is 12.6 Å². The number of ether oxygens (including phenoxy) is 1. The highest BCUT2D eigenvalue weighted by atomic mass is 19.4. The maximum atomic E-state index is 11.6. The standard InChI is InChI=1S/C8H5F3O2.C2H4/c9-8(10,11)13-7-3-1-6(5-12)2-4-7;1-2/h1-5H;1-2H2. The molecule has 0 aromatic heterocycles. The zero-order valence-corrected chi connectivity index (χ0v) is 7.75. The van der Waals surface area contributed by atoms with Crippen LogP contribution in [0.25, 0.3) is 0 Å². The number of aldehydes is 1. The predicted octanol–water partition coefficient (Wildman–Crippen LogP) is 3.20. The largest absolute Gasteiger partial charge is 0.573 e. The summed E-state index contributed by atoms with van der Waals surface area (Å²) in [5.41, 5.74) is 0.300. The third-order valence-electron chi connectivity index (χ3n) is 1.25. The van der Waals surface area contributed by atoms with Crippen LogP contribution in [0.1, 0.15) is 10.4 Å². The summed E-state index contributed by atoms with van der Waals surface area (Å²) in [6.07, 6.45) is -4.15. The van der Waals surface area contributed by atoms with E-state index in [0.29, 0.717) is 11.8 Å². The Kier molecular flexibility index (Phi) is 5.15. The molecule has 0 bridgehead atoms. The maximum absolute atomic E-state index is 11.6. The molecule has 5 heteroatoms. The summed E-state index contributed by atoms with van der Waals surface area (Å²) in [4.78, 5) is 10.1. The first kappa shape index (κ1) is 13.2. The Labute approximate surface area is 85.0 Å². The van der Waals surface area contributed by atoms with Crippen molar-refractivity contribution in [3.63, 3.8) is 0 Å². The van der Waals surface area contributed by atoms with E-state index in [1.54, 1.807) is 0 Å². The molecule has 0 aliphatic rings. The number of carbonyl (C=O) groups excluding carboxylic acids is 1. The van der Waals surface area contributed by atoms with Crippen molar-refractivity contribution in [3.8, 4) is 5.75 Å². The van der Waals surface area contributed by atoms with Gasteiger partial charge >= 0.3 is 6.36 Å². The Balaban J connectivity index is 0.000000921. The van der Waals surface area contributed by atoms with Gasteiger partial charge in [0.15, 0.2) is 0 Å². The Morgan fingerprint density at radius 3 is 1.93 bits per heavy atom. The normalized spacial score (nSPS) is 9.80.